The summed E-state index contributed by atoms with van der Waals surface area (Å²) >= 11 is 0. The molecule has 2 aromatic rings. The van der Waals surface area contributed by atoms with Gasteiger partial charge in [0.25, 0.3) is 0 Å². The fraction of sp³-hybridized carbons (Fsp3) is 0.400. The van der Waals surface area contributed by atoms with Gasteiger partial charge >= 0.3 is 0 Å². The molecule has 96 valence electrons. The Morgan fingerprint density at radius 1 is 1.17 bits per heavy atom. The predicted octanol–water partition coefficient (Wildman–Crippen LogP) is 2.90. The minimum absolute atomic E-state index is 0.0926. The molecular formula is C15H21N3. The number of hydrogen-bond acceptors (Lipinski definition) is 2. The molecule has 0 aliphatic rings. The molecule has 0 amide bonds. The Morgan fingerprint density at radius 3 is 2.50 bits per heavy atom. The molecule has 1 heterocycles. The second-order valence-electron chi connectivity index (χ2n) is 4.55. The summed E-state index contributed by atoms with van der Waals surface area (Å²) in [6.07, 6.45) is 3.95. The van der Waals surface area contributed by atoms with E-state index in [1.165, 1.54) is 5.56 Å². The fourth-order valence-electron chi connectivity index (χ4n) is 2.14. The van der Waals surface area contributed by atoms with Crippen LogP contribution in [0.25, 0.3) is 0 Å². The molecule has 18 heavy (non-hydrogen) atoms. The molecule has 0 aliphatic heterocycles. The van der Waals surface area contributed by atoms with Gasteiger partial charge in [-0.25, -0.2) is 0 Å². The Labute approximate surface area is 109 Å². The average Bonchev–Trinajstić information content (AvgIpc) is 2.87. The minimum atomic E-state index is -0.0926. The lowest BCUT2D eigenvalue weighted by Gasteiger charge is -2.14. The van der Waals surface area contributed by atoms with E-state index in [1.807, 2.05) is 16.9 Å². The second kappa shape index (κ2) is 5.83. The Hall–Kier alpha value is -1.61. The molecule has 0 bridgehead atoms. The van der Waals surface area contributed by atoms with Gasteiger partial charge in [0.15, 0.2) is 0 Å². The van der Waals surface area contributed by atoms with E-state index < -0.39 is 0 Å². The van der Waals surface area contributed by atoms with Crippen LogP contribution < -0.4 is 5.73 Å². The third-order valence-electron chi connectivity index (χ3n) is 3.25. The molecular weight excluding hydrogens is 222 g/mol. The highest BCUT2D eigenvalue weighted by Crippen LogP contribution is 2.20. The zero-order valence-electron chi connectivity index (χ0n) is 11.1. The van der Waals surface area contributed by atoms with Gasteiger partial charge in [-0.15, -0.1) is 0 Å². The molecule has 3 heteroatoms. The van der Waals surface area contributed by atoms with Crippen molar-refractivity contribution in [2.45, 2.75) is 39.3 Å². The number of benzene rings is 1. The van der Waals surface area contributed by atoms with Gasteiger partial charge in [0.1, 0.15) is 0 Å². The number of hydrogen-bond donors (Lipinski definition) is 1. The van der Waals surface area contributed by atoms with Gasteiger partial charge in [0.05, 0.1) is 11.7 Å². The summed E-state index contributed by atoms with van der Waals surface area (Å²) in [6, 6.07) is 10.4. The van der Waals surface area contributed by atoms with Gasteiger partial charge in [-0.1, -0.05) is 38.1 Å². The highest BCUT2D eigenvalue weighted by atomic mass is 15.3. The van der Waals surface area contributed by atoms with Crippen molar-refractivity contribution in [1.82, 2.24) is 9.78 Å². The molecule has 3 nitrogen and oxygen atoms in total. The zero-order chi connectivity index (χ0) is 13.0. The molecule has 0 spiro atoms. The maximum atomic E-state index is 6.32. The van der Waals surface area contributed by atoms with Crippen molar-refractivity contribution in [3.63, 3.8) is 0 Å². The van der Waals surface area contributed by atoms with Crippen LogP contribution in [0.3, 0.4) is 0 Å². The van der Waals surface area contributed by atoms with Crippen LogP contribution in [-0.4, -0.2) is 9.78 Å². The summed E-state index contributed by atoms with van der Waals surface area (Å²) in [6.45, 7) is 5.22. The van der Waals surface area contributed by atoms with Crippen molar-refractivity contribution in [3.8, 4) is 0 Å². The molecule has 1 aromatic heterocycles. The second-order valence-corrected chi connectivity index (χ2v) is 4.55. The lowest BCUT2D eigenvalue weighted by molar-refractivity contribution is 0.560. The third kappa shape index (κ3) is 2.62. The summed E-state index contributed by atoms with van der Waals surface area (Å²) in [5.41, 5.74) is 9.89. The number of nitrogens with two attached hydrogens (primary N) is 1. The zero-order valence-corrected chi connectivity index (χ0v) is 11.1. The Kier molecular flexibility index (Phi) is 4.15. The molecule has 0 saturated carbocycles. The van der Waals surface area contributed by atoms with Crippen LogP contribution in [0.5, 0.6) is 0 Å². The summed E-state index contributed by atoms with van der Waals surface area (Å²) in [7, 11) is 0. The van der Waals surface area contributed by atoms with Crippen LogP contribution in [0, 0.1) is 0 Å². The van der Waals surface area contributed by atoms with Crippen molar-refractivity contribution < 1.29 is 0 Å². The lowest BCUT2D eigenvalue weighted by Crippen LogP contribution is -2.17. The van der Waals surface area contributed by atoms with Gasteiger partial charge in [0, 0.05) is 12.7 Å². The Balaban J connectivity index is 2.23. The van der Waals surface area contributed by atoms with E-state index in [0.717, 1.165) is 30.6 Å². The molecule has 1 atom stereocenters. The molecule has 2 N–H and O–H groups in total. The monoisotopic (exact) mass is 243 g/mol. The van der Waals surface area contributed by atoms with E-state index in [-0.39, 0.29) is 6.04 Å². The van der Waals surface area contributed by atoms with Crippen molar-refractivity contribution in [2.24, 2.45) is 5.73 Å². The highest BCUT2D eigenvalue weighted by molar-refractivity contribution is 5.30. The van der Waals surface area contributed by atoms with Gasteiger partial charge in [0.2, 0.25) is 0 Å². The maximum Gasteiger partial charge on any atom is 0.0723 e. The number of aryl methyl sites for hydroxylation is 2. The standard InChI is InChI=1S/C15H21N3/c1-3-11-18-14(9-10-17-18)15(16)13-7-5-12(4-2)6-8-13/h5-10,15H,3-4,11,16H2,1-2H3. The lowest BCUT2D eigenvalue weighted by atomic mass is 10.0. The first-order valence-electron chi connectivity index (χ1n) is 6.62. The number of rotatable bonds is 5. The summed E-state index contributed by atoms with van der Waals surface area (Å²) in [5.74, 6) is 0. The number of nitrogens with zero attached hydrogens (tertiary/aromatic N) is 2. The normalized spacial score (nSPS) is 12.6. The summed E-state index contributed by atoms with van der Waals surface area (Å²) < 4.78 is 2.00. The van der Waals surface area contributed by atoms with Crippen molar-refractivity contribution in [1.29, 1.82) is 0 Å². The first-order valence-corrected chi connectivity index (χ1v) is 6.62. The van der Waals surface area contributed by atoms with E-state index in [4.69, 9.17) is 5.73 Å². The van der Waals surface area contributed by atoms with Crippen LogP contribution in [-0.2, 0) is 13.0 Å². The molecule has 0 aliphatic carbocycles. The van der Waals surface area contributed by atoms with E-state index in [1.54, 1.807) is 0 Å². The topological polar surface area (TPSA) is 43.8 Å². The molecule has 0 radical (unpaired) electrons. The van der Waals surface area contributed by atoms with Gasteiger partial charge in [-0.05, 0) is 30.0 Å². The molecule has 0 saturated heterocycles. The van der Waals surface area contributed by atoms with Crippen LogP contribution in [0.15, 0.2) is 36.5 Å². The Morgan fingerprint density at radius 2 is 1.89 bits per heavy atom. The SMILES string of the molecule is CCCn1nccc1C(N)c1ccc(CC)cc1. The first kappa shape index (κ1) is 12.8. The first-order chi connectivity index (χ1) is 8.76. The van der Waals surface area contributed by atoms with Crippen LogP contribution in [0.4, 0.5) is 0 Å². The van der Waals surface area contributed by atoms with Crippen molar-refractivity contribution in [3.05, 3.63) is 53.3 Å². The minimum Gasteiger partial charge on any atom is -0.319 e. The largest absolute Gasteiger partial charge is 0.319 e. The molecule has 0 fully saturated rings. The van der Waals surface area contributed by atoms with Crippen molar-refractivity contribution in [2.75, 3.05) is 0 Å². The quantitative estimate of drug-likeness (QED) is 0.877. The van der Waals surface area contributed by atoms with Gasteiger partial charge < -0.3 is 5.73 Å². The molecule has 1 aromatic carbocycles. The van der Waals surface area contributed by atoms with E-state index in [2.05, 4.69) is 43.2 Å². The fourth-order valence-corrected chi connectivity index (χ4v) is 2.14. The molecule has 2 rings (SSSR count). The average molecular weight is 243 g/mol. The third-order valence-corrected chi connectivity index (χ3v) is 3.25. The van der Waals surface area contributed by atoms with E-state index in [9.17, 15) is 0 Å². The van der Waals surface area contributed by atoms with E-state index >= 15 is 0 Å². The Bertz CT molecular complexity index is 485. The molecule has 1 unspecified atom stereocenters. The van der Waals surface area contributed by atoms with E-state index in [0.29, 0.717) is 0 Å². The highest BCUT2D eigenvalue weighted by Gasteiger charge is 2.13. The van der Waals surface area contributed by atoms with Crippen LogP contribution in [0.2, 0.25) is 0 Å². The van der Waals surface area contributed by atoms with Gasteiger partial charge in [-0.3, -0.25) is 4.68 Å². The smallest absolute Gasteiger partial charge is 0.0723 e. The predicted molar refractivity (Wildman–Crippen MR) is 74.4 cm³/mol. The summed E-state index contributed by atoms with van der Waals surface area (Å²) in [5, 5.41) is 4.32. The number of aromatic nitrogens is 2. The van der Waals surface area contributed by atoms with Gasteiger partial charge in [-0.2, -0.15) is 5.10 Å². The summed E-state index contributed by atoms with van der Waals surface area (Å²) in [4.78, 5) is 0. The van der Waals surface area contributed by atoms with Crippen LogP contribution in [0.1, 0.15) is 43.1 Å². The van der Waals surface area contributed by atoms with Crippen LogP contribution >= 0.6 is 0 Å². The maximum absolute atomic E-state index is 6.32. The van der Waals surface area contributed by atoms with Crippen molar-refractivity contribution >= 4 is 0 Å².